The number of carbonyl (C=O) groups is 1. The van der Waals surface area contributed by atoms with Gasteiger partial charge in [-0.2, -0.15) is 0 Å². The van der Waals surface area contributed by atoms with Crippen molar-refractivity contribution < 1.29 is 19.0 Å². The van der Waals surface area contributed by atoms with Gasteiger partial charge < -0.3 is 14.2 Å². The van der Waals surface area contributed by atoms with Gasteiger partial charge >= 0.3 is 6.16 Å². The standard InChI is InChI=1S/C28H24O4/c1-3-31-27(29)32-24-16-12-22(13-17-24)28(21-10-14-23(30-2)15-11-21)18-20-8-4-6-19-7-5-9-25(28)26(19)20/h4-17H,3,18H2,1-2H3. The van der Waals surface area contributed by atoms with Crippen LogP contribution in [-0.4, -0.2) is 19.9 Å². The molecule has 0 heterocycles. The Kier molecular flexibility index (Phi) is 5.06. The molecule has 1 aliphatic rings. The molecule has 0 radical (unpaired) electrons. The van der Waals surface area contributed by atoms with Crippen molar-refractivity contribution in [3.8, 4) is 11.5 Å². The Bertz CT molecular complexity index is 1270. The molecule has 4 aromatic carbocycles. The summed E-state index contributed by atoms with van der Waals surface area (Å²) < 4.78 is 15.6. The minimum Gasteiger partial charge on any atom is -0.497 e. The highest BCUT2D eigenvalue weighted by molar-refractivity contribution is 5.94. The van der Waals surface area contributed by atoms with Crippen LogP contribution in [0.25, 0.3) is 10.8 Å². The molecule has 1 atom stereocenters. The monoisotopic (exact) mass is 424 g/mol. The van der Waals surface area contributed by atoms with Crippen LogP contribution in [-0.2, 0) is 16.6 Å². The first kappa shape index (κ1) is 20.1. The van der Waals surface area contributed by atoms with Crippen LogP contribution >= 0.6 is 0 Å². The van der Waals surface area contributed by atoms with Crippen molar-refractivity contribution in [2.45, 2.75) is 18.8 Å². The molecule has 0 saturated heterocycles. The molecule has 160 valence electrons. The molecule has 0 aliphatic heterocycles. The van der Waals surface area contributed by atoms with Gasteiger partial charge in [-0.15, -0.1) is 0 Å². The molecule has 1 unspecified atom stereocenters. The minimum absolute atomic E-state index is 0.278. The minimum atomic E-state index is -0.692. The molecule has 0 amide bonds. The first-order valence-corrected chi connectivity index (χ1v) is 10.8. The highest BCUT2D eigenvalue weighted by Gasteiger charge is 2.42. The van der Waals surface area contributed by atoms with Gasteiger partial charge in [-0.3, -0.25) is 0 Å². The molecule has 5 rings (SSSR count). The van der Waals surface area contributed by atoms with Gasteiger partial charge in [0.2, 0.25) is 0 Å². The molecule has 32 heavy (non-hydrogen) atoms. The highest BCUT2D eigenvalue weighted by atomic mass is 16.7. The summed E-state index contributed by atoms with van der Waals surface area (Å²) in [7, 11) is 1.68. The van der Waals surface area contributed by atoms with Crippen LogP contribution in [0.1, 0.15) is 29.2 Å². The number of hydrogen-bond donors (Lipinski definition) is 0. The van der Waals surface area contributed by atoms with Crippen LogP contribution in [0.15, 0.2) is 84.9 Å². The van der Waals surface area contributed by atoms with Crippen LogP contribution < -0.4 is 9.47 Å². The van der Waals surface area contributed by atoms with E-state index in [1.165, 1.54) is 27.5 Å². The molecular weight excluding hydrogens is 400 g/mol. The maximum Gasteiger partial charge on any atom is 0.513 e. The maximum atomic E-state index is 11.7. The van der Waals surface area contributed by atoms with Crippen LogP contribution in [0.2, 0.25) is 0 Å². The fourth-order valence-corrected chi connectivity index (χ4v) is 4.91. The number of hydrogen-bond acceptors (Lipinski definition) is 4. The number of benzene rings is 4. The summed E-state index contributed by atoms with van der Waals surface area (Å²) in [6.45, 7) is 2.03. The Morgan fingerprint density at radius 3 is 2.09 bits per heavy atom. The third-order valence-electron chi connectivity index (χ3n) is 6.30. The molecule has 0 fully saturated rings. The number of ether oxygens (including phenoxy) is 3. The topological polar surface area (TPSA) is 44.8 Å². The van der Waals surface area contributed by atoms with Gasteiger partial charge in [0.25, 0.3) is 0 Å². The molecule has 1 aliphatic carbocycles. The van der Waals surface area contributed by atoms with E-state index in [2.05, 4.69) is 48.5 Å². The third-order valence-corrected chi connectivity index (χ3v) is 6.30. The smallest absolute Gasteiger partial charge is 0.497 e. The molecule has 4 heteroatoms. The molecule has 4 nitrogen and oxygen atoms in total. The van der Waals surface area contributed by atoms with Gasteiger partial charge in [-0.25, -0.2) is 4.79 Å². The second-order valence-electron chi connectivity index (χ2n) is 7.94. The zero-order valence-electron chi connectivity index (χ0n) is 18.1. The van der Waals surface area contributed by atoms with Crippen LogP contribution in [0.3, 0.4) is 0 Å². The quantitative estimate of drug-likeness (QED) is 0.280. The summed E-state index contributed by atoms with van der Waals surface area (Å²) in [5.74, 6) is 1.29. The van der Waals surface area contributed by atoms with Crippen molar-refractivity contribution in [2.24, 2.45) is 0 Å². The fraction of sp³-hybridized carbons (Fsp3) is 0.179. The van der Waals surface area contributed by atoms with Crippen molar-refractivity contribution in [1.29, 1.82) is 0 Å². The third kappa shape index (κ3) is 3.19. The van der Waals surface area contributed by atoms with Gasteiger partial charge in [0.15, 0.2) is 0 Å². The van der Waals surface area contributed by atoms with E-state index < -0.39 is 6.16 Å². The first-order chi connectivity index (χ1) is 15.7. The van der Waals surface area contributed by atoms with Gasteiger partial charge in [0, 0.05) is 5.41 Å². The SMILES string of the molecule is CCOC(=O)Oc1ccc(C2(c3ccc(OC)cc3)Cc3cccc4cccc2c34)cc1. The van der Waals surface area contributed by atoms with E-state index in [0.717, 1.165) is 17.7 Å². The summed E-state index contributed by atoms with van der Waals surface area (Å²) in [6.07, 6.45) is 0.164. The Labute approximate surface area is 187 Å². The van der Waals surface area contributed by atoms with E-state index >= 15 is 0 Å². The number of methoxy groups -OCH3 is 1. The predicted octanol–water partition coefficient (Wildman–Crippen LogP) is 6.27. The summed E-state index contributed by atoms with van der Waals surface area (Å²) in [6, 6.07) is 29.1. The molecule has 0 aromatic heterocycles. The number of carbonyl (C=O) groups excluding carboxylic acids is 1. The normalized spacial score (nSPS) is 16.7. The summed E-state index contributed by atoms with van der Waals surface area (Å²) in [5.41, 5.74) is 4.61. The maximum absolute atomic E-state index is 11.7. The Morgan fingerprint density at radius 2 is 1.47 bits per heavy atom. The van der Waals surface area contributed by atoms with Crippen LogP contribution in [0.5, 0.6) is 11.5 Å². The molecule has 0 bridgehead atoms. The van der Waals surface area contributed by atoms with Gasteiger partial charge in [0.1, 0.15) is 11.5 Å². The van der Waals surface area contributed by atoms with Crippen molar-refractivity contribution in [2.75, 3.05) is 13.7 Å². The largest absolute Gasteiger partial charge is 0.513 e. The van der Waals surface area contributed by atoms with Crippen LogP contribution in [0.4, 0.5) is 4.79 Å². The lowest BCUT2D eigenvalue weighted by Crippen LogP contribution is -2.28. The van der Waals surface area contributed by atoms with E-state index in [1.54, 1.807) is 14.0 Å². The zero-order chi connectivity index (χ0) is 22.1. The zero-order valence-corrected chi connectivity index (χ0v) is 18.1. The molecule has 0 saturated carbocycles. The molecule has 0 N–H and O–H groups in total. The molecule has 0 spiro atoms. The summed E-state index contributed by atoms with van der Waals surface area (Å²) in [4.78, 5) is 11.7. The second-order valence-corrected chi connectivity index (χ2v) is 7.94. The Hall–Kier alpha value is -3.79. The van der Waals surface area contributed by atoms with Crippen LogP contribution in [0, 0.1) is 0 Å². The first-order valence-electron chi connectivity index (χ1n) is 10.8. The van der Waals surface area contributed by atoms with Gasteiger partial charge in [0.05, 0.1) is 13.7 Å². The van der Waals surface area contributed by atoms with Gasteiger partial charge in [-0.05, 0) is 70.6 Å². The van der Waals surface area contributed by atoms with Crippen molar-refractivity contribution in [1.82, 2.24) is 0 Å². The fourth-order valence-electron chi connectivity index (χ4n) is 4.91. The van der Waals surface area contributed by atoms with E-state index in [1.807, 2.05) is 36.4 Å². The molecular formula is C28H24O4. The van der Waals surface area contributed by atoms with E-state index in [0.29, 0.717) is 5.75 Å². The van der Waals surface area contributed by atoms with Crippen molar-refractivity contribution in [3.05, 3.63) is 107 Å². The summed E-state index contributed by atoms with van der Waals surface area (Å²) in [5, 5.41) is 2.57. The number of rotatable bonds is 5. The van der Waals surface area contributed by atoms with E-state index in [4.69, 9.17) is 14.2 Å². The van der Waals surface area contributed by atoms with E-state index in [9.17, 15) is 4.79 Å². The van der Waals surface area contributed by atoms with Crippen molar-refractivity contribution >= 4 is 16.9 Å². The lowest BCUT2D eigenvalue weighted by atomic mass is 9.69. The van der Waals surface area contributed by atoms with E-state index in [-0.39, 0.29) is 12.0 Å². The average Bonchev–Trinajstić information content (AvgIpc) is 3.17. The average molecular weight is 424 g/mol. The summed E-state index contributed by atoms with van der Waals surface area (Å²) >= 11 is 0. The predicted molar refractivity (Wildman–Crippen MR) is 125 cm³/mol. The lowest BCUT2D eigenvalue weighted by Gasteiger charge is -2.32. The second kappa shape index (κ2) is 8.04. The Morgan fingerprint density at radius 1 is 0.844 bits per heavy atom. The molecule has 4 aromatic rings. The highest BCUT2D eigenvalue weighted by Crippen LogP contribution is 2.51. The van der Waals surface area contributed by atoms with Gasteiger partial charge in [-0.1, -0.05) is 60.7 Å². The van der Waals surface area contributed by atoms with Crippen molar-refractivity contribution in [3.63, 3.8) is 0 Å². The Balaban J connectivity index is 1.66. The lowest BCUT2D eigenvalue weighted by molar-refractivity contribution is 0.104.